The molecule has 0 radical (unpaired) electrons. The SMILES string of the molecule is O=C(NN(C(=O)CCc1ccc(-c2ccccc2)cc1)[C@H](CO)C(=O)O)OCC1c2ccccc2-c2ccccc21. The number of carboxylic acid groups (broad SMARTS) is 1. The first-order chi connectivity index (χ1) is 20.0. The molecule has 0 spiro atoms. The quantitative estimate of drug-likeness (QED) is 0.252. The number of rotatable bonds is 9. The van der Waals surface area contributed by atoms with Gasteiger partial charge in [0.05, 0.1) is 6.61 Å². The molecule has 0 saturated carbocycles. The van der Waals surface area contributed by atoms with Crippen LogP contribution < -0.4 is 5.43 Å². The van der Waals surface area contributed by atoms with Gasteiger partial charge < -0.3 is 14.9 Å². The van der Waals surface area contributed by atoms with Gasteiger partial charge in [0.25, 0.3) is 0 Å². The summed E-state index contributed by atoms with van der Waals surface area (Å²) in [6.45, 7) is -0.886. The lowest BCUT2D eigenvalue weighted by molar-refractivity contribution is -0.154. The van der Waals surface area contributed by atoms with Gasteiger partial charge >= 0.3 is 12.1 Å². The Hall–Kier alpha value is -4.95. The Morgan fingerprint density at radius 1 is 0.780 bits per heavy atom. The summed E-state index contributed by atoms with van der Waals surface area (Å²) in [5.41, 5.74) is 9.42. The number of aliphatic carboxylic acids is 1. The highest BCUT2D eigenvalue weighted by Crippen LogP contribution is 2.44. The number of hydrogen-bond donors (Lipinski definition) is 3. The fourth-order valence-corrected chi connectivity index (χ4v) is 5.18. The fraction of sp³-hybridized carbons (Fsp3) is 0.182. The lowest BCUT2D eigenvalue weighted by Crippen LogP contribution is -2.56. The number of aryl methyl sites for hydroxylation is 1. The Balaban J connectivity index is 1.23. The Morgan fingerprint density at radius 3 is 1.93 bits per heavy atom. The number of nitrogens with one attached hydrogen (secondary N) is 1. The molecule has 0 bridgehead atoms. The van der Waals surface area contributed by atoms with Crippen molar-refractivity contribution in [2.75, 3.05) is 13.2 Å². The van der Waals surface area contributed by atoms with Gasteiger partial charge in [0, 0.05) is 12.3 Å². The lowest BCUT2D eigenvalue weighted by Gasteiger charge is -2.28. The minimum atomic E-state index is -1.66. The second-order valence-corrected chi connectivity index (χ2v) is 9.80. The number of carbonyl (C=O) groups excluding carboxylic acids is 2. The van der Waals surface area contributed by atoms with Gasteiger partial charge in [-0.25, -0.2) is 20.0 Å². The molecule has 1 atom stereocenters. The Kier molecular flexibility index (Phi) is 8.41. The molecule has 5 rings (SSSR count). The highest BCUT2D eigenvalue weighted by atomic mass is 16.6. The molecular formula is C33H30N2O6. The number of carboxylic acids is 1. The number of carbonyl (C=O) groups is 3. The molecule has 4 aromatic rings. The number of ether oxygens (including phenoxy) is 1. The summed E-state index contributed by atoms with van der Waals surface area (Å²) in [4.78, 5) is 37.7. The molecule has 1 aliphatic carbocycles. The normalized spacial score (nSPS) is 12.6. The van der Waals surface area contributed by atoms with Gasteiger partial charge in [-0.1, -0.05) is 103 Å². The summed E-state index contributed by atoms with van der Waals surface area (Å²) in [5.74, 6) is -2.32. The van der Waals surface area contributed by atoms with Crippen molar-refractivity contribution in [1.29, 1.82) is 0 Å². The van der Waals surface area contributed by atoms with Crippen LogP contribution in [0.2, 0.25) is 0 Å². The molecule has 8 heteroatoms. The summed E-state index contributed by atoms with van der Waals surface area (Å²) >= 11 is 0. The van der Waals surface area contributed by atoms with E-state index < -0.39 is 30.6 Å². The Labute approximate surface area is 237 Å². The molecule has 8 nitrogen and oxygen atoms in total. The van der Waals surface area contributed by atoms with Crippen molar-refractivity contribution >= 4 is 18.0 Å². The van der Waals surface area contributed by atoms with Crippen molar-refractivity contribution in [3.63, 3.8) is 0 Å². The van der Waals surface area contributed by atoms with E-state index in [-0.39, 0.29) is 18.9 Å². The first-order valence-corrected chi connectivity index (χ1v) is 13.4. The first-order valence-electron chi connectivity index (χ1n) is 13.4. The van der Waals surface area contributed by atoms with Gasteiger partial charge in [0.2, 0.25) is 5.91 Å². The van der Waals surface area contributed by atoms with Crippen LogP contribution in [0.15, 0.2) is 103 Å². The van der Waals surface area contributed by atoms with E-state index in [4.69, 9.17) is 4.74 Å². The highest BCUT2D eigenvalue weighted by molar-refractivity contribution is 5.86. The molecule has 0 aliphatic heterocycles. The highest BCUT2D eigenvalue weighted by Gasteiger charge is 2.33. The van der Waals surface area contributed by atoms with Crippen LogP contribution in [0.5, 0.6) is 0 Å². The summed E-state index contributed by atoms with van der Waals surface area (Å²) in [6, 6.07) is 31.7. The smallest absolute Gasteiger partial charge is 0.426 e. The van der Waals surface area contributed by atoms with E-state index in [1.165, 1.54) is 0 Å². The van der Waals surface area contributed by atoms with E-state index >= 15 is 0 Å². The summed E-state index contributed by atoms with van der Waals surface area (Å²) in [6.07, 6.45) is -0.751. The Bertz CT molecular complexity index is 1490. The third-order valence-electron chi connectivity index (χ3n) is 7.28. The van der Waals surface area contributed by atoms with E-state index in [9.17, 15) is 24.6 Å². The van der Waals surface area contributed by atoms with E-state index in [1.54, 1.807) is 0 Å². The maximum atomic E-state index is 13.1. The fourth-order valence-electron chi connectivity index (χ4n) is 5.18. The monoisotopic (exact) mass is 550 g/mol. The number of hydrazine groups is 1. The van der Waals surface area contributed by atoms with Crippen LogP contribution in [0.4, 0.5) is 4.79 Å². The van der Waals surface area contributed by atoms with Gasteiger partial charge in [-0.3, -0.25) is 4.79 Å². The largest absolute Gasteiger partial charge is 0.480 e. The Morgan fingerprint density at radius 2 is 1.34 bits per heavy atom. The number of benzene rings is 4. The number of nitrogens with zero attached hydrogens (tertiary/aromatic N) is 1. The first kappa shape index (κ1) is 27.6. The van der Waals surface area contributed by atoms with E-state index in [2.05, 4.69) is 5.43 Å². The van der Waals surface area contributed by atoms with Crippen molar-refractivity contribution < 1.29 is 29.3 Å². The van der Waals surface area contributed by atoms with Gasteiger partial charge in [0.15, 0.2) is 6.04 Å². The molecule has 3 N–H and O–H groups in total. The van der Waals surface area contributed by atoms with Crippen LogP contribution in [-0.2, 0) is 20.7 Å². The molecule has 0 fully saturated rings. The predicted octanol–water partition coefficient (Wildman–Crippen LogP) is 5.01. The minimum absolute atomic E-state index is 0.00742. The maximum absolute atomic E-state index is 13.1. The molecule has 208 valence electrons. The molecule has 0 heterocycles. The van der Waals surface area contributed by atoms with Crippen molar-refractivity contribution in [3.05, 3.63) is 120 Å². The molecule has 4 aromatic carbocycles. The molecule has 0 aromatic heterocycles. The number of fused-ring (bicyclic) bond motifs is 3. The van der Waals surface area contributed by atoms with Crippen LogP contribution in [0.1, 0.15) is 29.0 Å². The molecule has 0 unspecified atom stereocenters. The van der Waals surface area contributed by atoms with Gasteiger partial charge in [-0.05, 0) is 45.4 Å². The van der Waals surface area contributed by atoms with Gasteiger partial charge in [-0.2, -0.15) is 0 Å². The lowest BCUT2D eigenvalue weighted by atomic mass is 9.98. The van der Waals surface area contributed by atoms with Crippen molar-refractivity contribution in [3.8, 4) is 22.3 Å². The third kappa shape index (κ3) is 6.13. The second kappa shape index (κ2) is 12.5. The average molecular weight is 551 g/mol. The van der Waals surface area contributed by atoms with Crippen LogP contribution in [0, 0.1) is 0 Å². The summed E-state index contributed by atoms with van der Waals surface area (Å²) in [5, 5.41) is 20.0. The number of hydrogen-bond acceptors (Lipinski definition) is 5. The third-order valence-corrected chi connectivity index (χ3v) is 7.28. The number of aliphatic hydroxyl groups excluding tert-OH is 1. The zero-order valence-corrected chi connectivity index (χ0v) is 22.3. The summed E-state index contributed by atoms with van der Waals surface area (Å²) in [7, 11) is 0. The molecule has 41 heavy (non-hydrogen) atoms. The molecule has 2 amide bonds. The standard InChI is InChI=1S/C33H30N2O6/c36-20-30(32(38)39)35(31(37)19-16-22-14-17-24(18-15-22)23-8-2-1-3-9-23)34-33(40)41-21-29-27-12-6-4-10-25(27)26-11-5-7-13-28(26)29/h1-15,17-18,29-30,36H,16,19-21H2,(H,34,40)(H,38,39)/t30-/m1/s1. The van der Waals surface area contributed by atoms with Gasteiger partial charge in [-0.15, -0.1) is 0 Å². The van der Waals surface area contributed by atoms with Crippen LogP contribution >= 0.6 is 0 Å². The average Bonchev–Trinajstić information content (AvgIpc) is 3.33. The number of amides is 2. The molecular weight excluding hydrogens is 520 g/mol. The van der Waals surface area contributed by atoms with Crippen LogP contribution in [0.3, 0.4) is 0 Å². The predicted molar refractivity (Wildman–Crippen MR) is 154 cm³/mol. The van der Waals surface area contributed by atoms with E-state index in [1.807, 2.05) is 103 Å². The van der Waals surface area contributed by atoms with Gasteiger partial charge in [0.1, 0.15) is 6.61 Å². The topological polar surface area (TPSA) is 116 Å². The van der Waals surface area contributed by atoms with Crippen LogP contribution in [0.25, 0.3) is 22.3 Å². The van der Waals surface area contributed by atoms with Crippen molar-refractivity contribution in [1.82, 2.24) is 10.4 Å². The molecule has 1 aliphatic rings. The van der Waals surface area contributed by atoms with Crippen molar-refractivity contribution in [2.45, 2.75) is 24.8 Å². The second-order valence-electron chi connectivity index (χ2n) is 9.80. The van der Waals surface area contributed by atoms with E-state index in [0.717, 1.165) is 38.9 Å². The van der Waals surface area contributed by atoms with Crippen LogP contribution in [-0.4, -0.2) is 52.4 Å². The van der Waals surface area contributed by atoms with Crippen molar-refractivity contribution in [2.24, 2.45) is 0 Å². The minimum Gasteiger partial charge on any atom is -0.480 e. The number of aliphatic hydroxyl groups is 1. The zero-order chi connectivity index (χ0) is 28.8. The maximum Gasteiger partial charge on any atom is 0.426 e. The zero-order valence-electron chi connectivity index (χ0n) is 22.3. The summed E-state index contributed by atoms with van der Waals surface area (Å²) < 4.78 is 5.49. The molecule has 0 saturated heterocycles. The van der Waals surface area contributed by atoms with E-state index in [0.29, 0.717) is 11.4 Å².